The molecule has 1 amide bonds. The monoisotopic (exact) mass is 421 g/mol. The number of methoxy groups -OCH3 is 2. The molecule has 0 fully saturated rings. The van der Waals surface area contributed by atoms with Crippen molar-refractivity contribution < 1.29 is 14.3 Å². The zero-order chi connectivity index (χ0) is 21.3. The number of carbonyl (C=O) groups excluding carboxylic acids is 1. The highest BCUT2D eigenvalue weighted by Crippen LogP contribution is 2.35. The second-order valence-electron chi connectivity index (χ2n) is 6.95. The van der Waals surface area contributed by atoms with Gasteiger partial charge in [0.15, 0.2) is 11.5 Å². The van der Waals surface area contributed by atoms with E-state index in [1.807, 2.05) is 61.6 Å². The van der Waals surface area contributed by atoms with Gasteiger partial charge in [-0.05, 0) is 28.8 Å². The van der Waals surface area contributed by atoms with Gasteiger partial charge in [0.25, 0.3) is 0 Å². The Hall–Kier alpha value is -2.92. The summed E-state index contributed by atoms with van der Waals surface area (Å²) in [6.45, 7) is 0.515. The van der Waals surface area contributed by atoms with Crippen LogP contribution < -0.4 is 9.47 Å². The lowest BCUT2D eigenvalue weighted by Gasteiger charge is -2.21. The fourth-order valence-electron chi connectivity index (χ4n) is 3.25. The maximum atomic E-state index is 12.8. The lowest BCUT2D eigenvalue weighted by Crippen LogP contribution is -2.28. The number of carbonyl (C=O) groups is 1. The predicted octanol–water partition coefficient (Wildman–Crippen LogP) is 5.19. The highest BCUT2D eigenvalue weighted by atomic mass is 32.2. The summed E-state index contributed by atoms with van der Waals surface area (Å²) in [5, 5.41) is 0.117. The molecule has 5 heteroatoms. The average Bonchev–Trinajstić information content (AvgIpc) is 2.80. The Morgan fingerprint density at radius 3 is 1.97 bits per heavy atom. The first-order valence-electron chi connectivity index (χ1n) is 9.78. The van der Waals surface area contributed by atoms with Gasteiger partial charge in [0.05, 0.1) is 25.2 Å². The zero-order valence-electron chi connectivity index (χ0n) is 17.6. The van der Waals surface area contributed by atoms with Gasteiger partial charge in [-0.2, -0.15) is 0 Å². The van der Waals surface area contributed by atoms with Gasteiger partial charge in [-0.3, -0.25) is 4.79 Å². The number of thioether (sulfide) groups is 1. The minimum absolute atomic E-state index is 0.0895. The second-order valence-corrected chi connectivity index (χ2v) is 8.04. The lowest BCUT2D eigenvalue weighted by molar-refractivity contribution is -0.127. The van der Waals surface area contributed by atoms with Crippen molar-refractivity contribution in [2.45, 2.75) is 11.8 Å². The number of amides is 1. The van der Waals surface area contributed by atoms with Gasteiger partial charge in [-0.1, -0.05) is 66.7 Å². The van der Waals surface area contributed by atoms with Crippen LogP contribution in [0.5, 0.6) is 11.5 Å². The van der Waals surface area contributed by atoms with E-state index in [9.17, 15) is 4.79 Å². The number of hydrogen-bond donors (Lipinski definition) is 0. The molecule has 0 aliphatic rings. The molecule has 3 rings (SSSR count). The molecule has 4 nitrogen and oxygen atoms in total. The number of benzene rings is 3. The fraction of sp³-hybridized carbons (Fsp3) is 0.240. The fourth-order valence-corrected chi connectivity index (χ4v) is 4.48. The number of rotatable bonds is 9. The second kappa shape index (κ2) is 10.7. The average molecular weight is 422 g/mol. The van der Waals surface area contributed by atoms with E-state index in [1.165, 1.54) is 11.1 Å². The Bertz CT molecular complexity index is 908. The van der Waals surface area contributed by atoms with E-state index in [0.29, 0.717) is 23.8 Å². The number of ether oxygens (including phenoxy) is 2. The molecule has 0 aliphatic heterocycles. The summed E-state index contributed by atoms with van der Waals surface area (Å²) < 4.78 is 10.6. The molecule has 0 heterocycles. The van der Waals surface area contributed by atoms with E-state index in [4.69, 9.17) is 9.47 Å². The molecule has 0 aliphatic carbocycles. The summed E-state index contributed by atoms with van der Waals surface area (Å²) >= 11 is 1.65. The van der Waals surface area contributed by atoms with Crippen LogP contribution in [0, 0.1) is 0 Å². The van der Waals surface area contributed by atoms with Crippen molar-refractivity contribution in [3.8, 4) is 11.5 Å². The number of nitrogens with zero attached hydrogens (tertiary/aromatic N) is 1. The molecule has 0 radical (unpaired) electrons. The van der Waals surface area contributed by atoms with Gasteiger partial charge in [0.1, 0.15) is 0 Å². The molecule has 0 saturated carbocycles. The molecule has 0 spiro atoms. The van der Waals surface area contributed by atoms with Gasteiger partial charge in [0, 0.05) is 13.6 Å². The minimum atomic E-state index is 0.0895. The first-order chi connectivity index (χ1) is 14.6. The van der Waals surface area contributed by atoms with Crippen molar-refractivity contribution in [1.82, 2.24) is 4.90 Å². The van der Waals surface area contributed by atoms with Crippen molar-refractivity contribution >= 4 is 17.7 Å². The van der Waals surface area contributed by atoms with Crippen LogP contribution >= 0.6 is 11.8 Å². The Kier molecular flexibility index (Phi) is 7.80. The summed E-state index contributed by atoms with van der Waals surface area (Å²) in [6, 6.07) is 26.4. The maximum absolute atomic E-state index is 12.8. The third-order valence-corrected chi connectivity index (χ3v) is 6.16. The number of hydrogen-bond acceptors (Lipinski definition) is 4. The largest absolute Gasteiger partial charge is 0.493 e. The first-order valence-corrected chi connectivity index (χ1v) is 10.8. The summed E-state index contributed by atoms with van der Waals surface area (Å²) in [6.07, 6.45) is 0. The quantitative estimate of drug-likeness (QED) is 0.477. The Balaban J connectivity index is 1.66. The van der Waals surface area contributed by atoms with Crippen LogP contribution in [0.4, 0.5) is 0 Å². The van der Waals surface area contributed by atoms with Crippen molar-refractivity contribution in [3.63, 3.8) is 0 Å². The van der Waals surface area contributed by atoms with Crippen molar-refractivity contribution in [1.29, 1.82) is 0 Å². The van der Waals surface area contributed by atoms with Crippen LogP contribution in [0.15, 0.2) is 78.9 Å². The molecule has 3 aromatic carbocycles. The zero-order valence-corrected chi connectivity index (χ0v) is 18.4. The first kappa shape index (κ1) is 21.8. The highest BCUT2D eigenvalue weighted by molar-refractivity contribution is 8.00. The van der Waals surface area contributed by atoms with Gasteiger partial charge >= 0.3 is 0 Å². The molecule has 3 aromatic rings. The van der Waals surface area contributed by atoms with E-state index in [2.05, 4.69) is 24.3 Å². The molecule has 0 N–H and O–H groups in total. The van der Waals surface area contributed by atoms with Crippen LogP contribution in [0.25, 0.3) is 0 Å². The Morgan fingerprint density at radius 1 is 0.867 bits per heavy atom. The van der Waals surface area contributed by atoms with Crippen LogP contribution in [0.1, 0.15) is 21.9 Å². The smallest absolute Gasteiger partial charge is 0.232 e. The van der Waals surface area contributed by atoms with Crippen LogP contribution in [0.3, 0.4) is 0 Å². The molecule has 0 unspecified atom stereocenters. The predicted molar refractivity (Wildman–Crippen MR) is 123 cm³/mol. The van der Waals surface area contributed by atoms with E-state index >= 15 is 0 Å². The molecule has 0 atom stereocenters. The van der Waals surface area contributed by atoms with Gasteiger partial charge in [0.2, 0.25) is 5.91 Å². The van der Waals surface area contributed by atoms with Crippen LogP contribution in [-0.2, 0) is 11.3 Å². The van der Waals surface area contributed by atoms with Crippen molar-refractivity contribution in [2.24, 2.45) is 0 Å². The van der Waals surface area contributed by atoms with Crippen molar-refractivity contribution in [2.75, 3.05) is 27.0 Å². The van der Waals surface area contributed by atoms with E-state index in [0.717, 1.165) is 5.56 Å². The standard InChI is InChI=1S/C25H27NO3S/c1-26(17-19-14-15-22(28-2)23(16-19)29-3)24(27)18-30-25(20-10-6-4-7-11-20)21-12-8-5-9-13-21/h4-16,25H,17-18H2,1-3H3. The van der Waals surface area contributed by atoms with E-state index in [1.54, 1.807) is 30.9 Å². The Morgan fingerprint density at radius 2 is 1.43 bits per heavy atom. The van der Waals surface area contributed by atoms with Crippen LogP contribution in [0.2, 0.25) is 0 Å². The van der Waals surface area contributed by atoms with Gasteiger partial charge < -0.3 is 14.4 Å². The Labute approximate surface area is 182 Å². The molecule has 0 bridgehead atoms. The minimum Gasteiger partial charge on any atom is -0.493 e. The normalized spacial score (nSPS) is 10.7. The molecule has 0 aromatic heterocycles. The lowest BCUT2D eigenvalue weighted by atomic mass is 10.0. The van der Waals surface area contributed by atoms with Gasteiger partial charge in [-0.15, -0.1) is 11.8 Å². The third-order valence-electron chi connectivity index (χ3n) is 4.87. The highest BCUT2D eigenvalue weighted by Gasteiger charge is 2.18. The van der Waals surface area contributed by atoms with E-state index in [-0.39, 0.29) is 11.2 Å². The molecular formula is C25H27NO3S. The summed E-state index contributed by atoms with van der Waals surface area (Å²) in [7, 11) is 5.06. The molecule has 0 saturated heterocycles. The summed E-state index contributed by atoms with van der Waals surface area (Å²) in [5.74, 6) is 1.84. The van der Waals surface area contributed by atoms with Crippen LogP contribution in [-0.4, -0.2) is 37.8 Å². The summed E-state index contributed by atoms with van der Waals surface area (Å²) in [5.41, 5.74) is 3.39. The van der Waals surface area contributed by atoms with E-state index < -0.39 is 0 Å². The topological polar surface area (TPSA) is 38.8 Å². The maximum Gasteiger partial charge on any atom is 0.232 e. The molecular weight excluding hydrogens is 394 g/mol. The van der Waals surface area contributed by atoms with Crippen molar-refractivity contribution in [3.05, 3.63) is 95.6 Å². The molecule has 156 valence electrons. The SMILES string of the molecule is COc1ccc(CN(C)C(=O)CSC(c2ccccc2)c2ccccc2)cc1OC. The summed E-state index contributed by atoms with van der Waals surface area (Å²) in [4.78, 5) is 14.6. The molecule has 30 heavy (non-hydrogen) atoms. The third kappa shape index (κ3) is 5.57. The van der Waals surface area contributed by atoms with Gasteiger partial charge in [-0.25, -0.2) is 0 Å².